The second-order valence-corrected chi connectivity index (χ2v) is 9.05. The molecule has 0 unspecified atom stereocenters. The Hall–Kier alpha value is -4.59. The van der Waals surface area contributed by atoms with Crippen LogP contribution in [0.4, 0.5) is 23.2 Å². The SMILES string of the molecule is C[C@H](C[C@@H](O)Cn1ccc2cc(-c3nc4ccccn4n3)c(F)cc2c1=O)Nc1cn[nH]c(=O)c1C(F)(F)F. The fourth-order valence-corrected chi connectivity index (χ4v) is 4.39. The number of nitrogens with one attached hydrogen (secondary N) is 2. The molecule has 0 spiro atoms. The zero-order chi connectivity index (χ0) is 27.9. The number of anilines is 1. The molecule has 0 aliphatic carbocycles. The van der Waals surface area contributed by atoms with Crippen molar-refractivity contribution in [2.24, 2.45) is 0 Å². The Morgan fingerprint density at radius 2 is 1.95 bits per heavy atom. The van der Waals surface area contributed by atoms with E-state index in [9.17, 15) is 27.9 Å². The molecule has 4 heterocycles. The smallest absolute Gasteiger partial charge is 0.391 e. The maximum absolute atomic E-state index is 15.0. The largest absolute Gasteiger partial charge is 0.423 e. The van der Waals surface area contributed by atoms with E-state index in [1.807, 2.05) is 0 Å². The standard InChI is InChI=1S/C25H21F4N7O3/c1-13(31-19-11-30-33-23(38)21(19)25(27,28)29)8-15(37)12-35-7-5-14-9-17(18(26)10-16(14)24(35)39)22-32-20-4-2-3-6-36(20)34-22/h2-7,9-11,13,15,37H,8,12H2,1H3,(H2,31,33,38)/t13-,15-/m1/s1. The van der Waals surface area contributed by atoms with Gasteiger partial charge in [-0.25, -0.2) is 19.0 Å². The summed E-state index contributed by atoms with van der Waals surface area (Å²) in [6, 6.07) is 8.68. The second kappa shape index (κ2) is 9.94. The molecule has 0 amide bonds. The van der Waals surface area contributed by atoms with Crippen molar-refractivity contribution in [2.75, 3.05) is 5.32 Å². The topological polar surface area (TPSA) is 130 Å². The van der Waals surface area contributed by atoms with Gasteiger partial charge in [-0.2, -0.15) is 18.3 Å². The first-order valence-corrected chi connectivity index (χ1v) is 11.7. The number of aromatic amines is 1. The third kappa shape index (κ3) is 5.23. The van der Waals surface area contributed by atoms with E-state index in [0.717, 1.165) is 12.3 Å². The number of benzene rings is 1. The van der Waals surface area contributed by atoms with Gasteiger partial charge < -0.3 is 15.0 Å². The molecule has 0 radical (unpaired) electrons. The van der Waals surface area contributed by atoms with Crippen LogP contribution in [-0.4, -0.2) is 46.6 Å². The monoisotopic (exact) mass is 543 g/mol. The van der Waals surface area contributed by atoms with Gasteiger partial charge in [-0.3, -0.25) is 9.59 Å². The molecule has 202 valence electrons. The highest BCUT2D eigenvalue weighted by atomic mass is 19.4. The number of aliphatic hydroxyl groups excluding tert-OH is 1. The number of nitrogens with zero attached hydrogens (tertiary/aromatic N) is 5. The van der Waals surface area contributed by atoms with Crippen LogP contribution in [-0.2, 0) is 12.7 Å². The van der Waals surface area contributed by atoms with E-state index in [1.165, 1.54) is 28.3 Å². The fourth-order valence-electron chi connectivity index (χ4n) is 4.39. The van der Waals surface area contributed by atoms with Crippen LogP contribution in [0.1, 0.15) is 18.9 Å². The molecule has 1 aromatic carbocycles. The number of fused-ring (bicyclic) bond motifs is 2. The first kappa shape index (κ1) is 26.0. The highest BCUT2D eigenvalue weighted by Crippen LogP contribution is 2.32. The molecule has 14 heteroatoms. The number of hydrogen-bond acceptors (Lipinski definition) is 7. The molecule has 10 nitrogen and oxygen atoms in total. The highest BCUT2D eigenvalue weighted by molar-refractivity contribution is 5.86. The highest BCUT2D eigenvalue weighted by Gasteiger charge is 2.37. The van der Waals surface area contributed by atoms with Gasteiger partial charge in [0.05, 0.1) is 35.5 Å². The van der Waals surface area contributed by atoms with Crippen LogP contribution < -0.4 is 16.4 Å². The van der Waals surface area contributed by atoms with Crippen molar-refractivity contribution in [1.29, 1.82) is 0 Å². The lowest BCUT2D eigenvalue weighted by Gasteiger charge is -2.21. The van der Waals surface area contributed by atoms with Crippen LogP contribution in [0.2, 0.25) is 0 Å². The Labute approximate surface area is 216 Å². The number of aromatic nitrogens is 6. The maximum atomic E-state index is 15.0. The molecule has 0 bridgehead atoms. The summed E-state index contributed by atoms with van der Waals surface area (Å²) < 4.78 is 57.5. The summed E-state index contributed by atoms with van der Waals surface area (Å²) >= 11 is 0. The van der Waals surface area contributed by atoms with Crippen molar-refractivity contribution in [3.8, 4) is 11.4 Å². The van der Waals surface area contributed by atoms with Gasteiger partial charge in [-0.1, -0.05) is 6.07 Å². The lowest BCUT2D eigenvalue weighted by molar-refractivity contribution is -0.138. The van der Waals surface area contributed by atoms with E-state index >= 15 is 4.39 Å². The van der Waals surface area contributed by atoms with Gasteiger partial charge in [0.15, 0.2) is 11.5 Å². The van der Waals surface area contributed by atoms with Crippen LogP contribution in [0.5, 0.6) is 0 Å². The van der Waals surface area contributed by atoms with Gasteiger partial charge in [0.25, 0.3) is 11.1 Å². The number of halogens is 4. The van der Waals surface area contributed by atoms with Crippen LogP contribution >= 0.6 is 0 Å². The molecule has 39 heavy (non-hydrogen) atoms. The number of aliphatic hydroxyl groups is 1. The Bertz CT molecular complexity index is 1760. The summed E-state index contributed by atoms with van der Waals surface area (Å²) in [6.07, 6.45) is -2.18. The number of H-pyrrole nitrogens is 1. The molecule has 0 aliphatic rings. The zero-order valence-electron chi connectivity index (χ0n) is 20.3. The van der Waals surface area contributed by atoms with Crippen molar-refractivity contribution >= 4 is 22.1 Å². The average Bonchev–Trinajstić information content (AvgIpc) is 3.29. The first-order valence-electron chi connectivity index (χ1n) is 11.7. The Morgan fingerprint density at radius 1 is 1.15 bits per heavy atom. The van der Waals surface area contributed by atoms with Crippen molar-refractivity contribution in [3.63, 3.8) is 0 Å². The Kier molecular flexibility index (Phi) is 6.64. The molecule has 4 aromatic heterocycles. The Balaban J connectivity index is 1.34. The van der Waals surface area contributed by atoms with E-state index in [-0.39, 0.29) is 29.7 Å². The van der Waals surface area contributed by atoms with E-state index in [1.54, 1.807) is 35.6 Å². The number of hydrogen-bond donors (Lipinski definition) is 3. The molecule has 3 N–H and O–H groups in total. The van der Waals surface area contributed by atoms with E-state index < -0.39 is 46.5 Å². The molecule has 5 rings (SSSR count). The van der Waals surface area contributed by atoms with Crippen LogP contribution in [0.15, 0.2) is 64.6 Å². The summed E-state index contributed by atoms with van der Waals surface area (Å²) in [5, 5.41) is 23.0. The summed E-state index contributed by atoms with van der Waals surface area (Å²) in [7, 11) is 0. The van der Waals surface area contributed by atoms with Gasteiger partial charge in [0.1, 0.15) is 11.4 Å². The van der Waals surface area contributed by atoms with Crippen molar-refractivity contribution in [1.82, 2.24) is 29.4 Å². The van der Waals surface area contributed by atoms with E-state index in [2.05, 4.69) is 20.5 Å². The van der Waals surface area contributed by atoms with Gasteiger partial charge in [0.2, 0.25) is 0 Å². The third-order valence-corrected chi connectivity index (χ3v) is 6.12. The lowest BCUT2D eigenvalue weighted by Crippen LogP contribution is -2.32. The molecule has 0 fully saturated rings. The average molecular weight is 543 g/mol. The predicted octanol–water partition coefficient (Wildman–Crippen LogP) is 3.20. The van der Waals surface area contributed by atoms with Crippen LogP contribution in [0.25, 0.3) is 27.8 Å². The summed E-state index contributed by atoms with van der Waals surface area (Å²) in [5.41, 5.74) is -3.25. The molecule has 0 saturated carbocycles. The predicted molar refractivity (Wildman–Crippen MR) is 134 cm³/mol. The molecule has 0 aliphatic heterocycles. The Morgan fingerprint density at radius 3 is 2.69 bits per heavy atom. The van der Waals surface area contributed by atoms with E-state index in [4.69, 9.17) is 0 Å². The van der Waals surface area contributed by atoms with Gasteiger partial charge in [-0.15, -0.1) is 5.10 Å². The molecular weight excluding hydrogens is 522 g/mol. The van der Waals surface area contributed by atoms with Gasteiger partial charge in [-0.05, 0) is 49.1 Å². The lowest BCUT2D eigenvalue weighted by atomic mass is 10.1. The minimum atomic E-state index is -4.91. The van der Waals surface area contributed by atoms with Crippen molar-refractivity contribution in [3.05, 3.63) is 87.1 Å². The van der Waals surface area contributed by atoms with Gasteiger partial charge in [0, 0.05) is 18.4 Å². The summed E-state index contributed by atoms with van der Waals surface area (Å²) in [4.78, 5) is 29.0. The number of pyridine rings is 2. The normalized spacial score (nSPS) is 13.6. The van der Waals surface area contributed by atoms with Crippen molar-refractivity contribution < 1.29 is 22.7 Å². The minimum absolute atomic E-state index is 0.0680. The summed E-state index contributed by atoms with van der Waals surface area (Å²) in [6.45, 7) is 1.32. The zero-order valence-corrected chi connectivity index (χ0v) is 20.3. The van der Waals surface area contributed by atoms with Crippen LogP contribution in [0.3, 0.4) is 0 Å². The minimum Gasteiger partial charge on any atom is -0.391 e. The van der Waals surface area contributed by atoms with Crippen molar-refractivity contribution in [2.45, 2.75) is 38.2 Å². The summed E-state index contributed by atoms with van der Waals surface area (Å²) in [5.74, 6) is -0.537. The third-order valence-electron chi connectivity index (χ3n) is 6.12. The molecule has 2 atom stereocenters. The van der Waals surface area contributed by atoms with E-state index in [0.29, 0.717) is 11.0 Å². The fraction of sp³-hybridized carbons (Fsp3) is 0.240. The number of alkyl halides is 3. The molecule has 5 aromatic rings. The number of rotatable bonds is 7. The van der Waals surface area contributed by atoms with Crippen LogP contribution in [0, 0.1) is 5.82 Å². The quantitative estimate of drug-likeness (QED) is 0.269. The van der Waals surface area contributed by atoms with Gasteiger partial charge >= 0.3 is 6.18 Å². The molecule has 0 saturated heterocycles. The molecular formula is C25H21F4N7O3. The second-order valence-electron chi connectivity index (χ2n) is 9.05. The maximum Gasteiger partial charge on any atom is 0.423 e. The first-order chi connectivity index (χ1) is 18.5.